The number of carbonyl (C=O) groups excluding carboxylic acids is 5. The van der Waals surface area contributed by atoms with Gasteiger partial charge in [-0.05, 0) is 24.7 Å². The van der Waals surface area contributed by atoms with E-state index in [0.717, 1.165) is 45.6 Å². The van der Waals surface area contributed by atoms with Crippen LogP contribution in [0.4, 0.5) is 0 Å². The fraction of sp³-hybridized carbons (Fsp3) is 0.941. The van der Waals surface area contributed by atoms with Crippen molar-refractivity contribution in [1.29, 1.82) is 0 Å². The molecule has 0 saturated carbocycles. The zero-order valence-corrected chi connectivity index (χ0v) is 75.9. The zero-order chi connectivity index (χ0) is 86.0. The molecule has 1 amide bonds. The molecule has 0 bridgehead atoms. The number of nitrogens with one attached hydrogen (secondary N) is 5. The molecule has 0 aliphatic heterocycles. The lowest BCUT2D eigenvalue weighted by molar-refractivity contribution is -0.123. The van der Waals surface area contributed by atoms with Gasteiger partial charge in [-0.2, -0.15) is 0 Å². The highest BCUT2D eigenvalue weighted by Gasteiger charge is 2.11. The van der Waals surface area contributed by atoms with Crippen molar-refractivity contribution in [1.82, 2.24) is 26.6 Å². The highest BCUT2D eigenvalue weighted by molar-refractivity contribution is 5.81. The first-order valence-corrected chi connectivity index (χ1v) is 42.9. The molecule has 0 heterocycles. The number of ketones is 4. The van der Waals surface area contributed by atoms with E-state index in [-0.39, 0.29) is 52.7 Å². The molecule has 0 aromatic carbocycles. The molecule has 0 aliphatic rings. The van der Waals surface area contributed by atoms with Crippen LogP contribution in [0.15, 0.2) is 0 Å². The van der Waals surface area contributed by atoms with Crippen molar-refractivity contribution in [3.05, 3.63) is 0 Å². The minimum Gasteiger partial charge on any atom is -0.379 e. The summed E-state index contributed by atoms with van der Waals surface area (Å²) in [5.74, 6) is 2.69. The average Bonchev–Trinajstić information content (AvgIpc) is 1.03. The molecule has 29 heteroatoms. The fourth-order valence-corrected chi connectivity index (χ4v) is 8.20. The molecule has 0 aromatic heterocycles. The Morgan fingerprint density at radius 3 is 0.509 bits per heavy atom. The fourth-order valence-electron chi connectivity index (χ4n) is 8.20. The summed E-state index contributed by atoms with van der Waals surface area (Å²) in [7, 11) is 0. The van der Waals surface area contributed by atoms with Crippen molar-refractivity contribution >= 4 is 29.0 Å². The second kappa shape index (κ2) is 97.4. The molecule has 0 aromatic rings. The van der Waals surface area contributed by atoms with Crippen LogP contribution in [0.3, 0.4) is 0 Å². The molecule has 29 nitrogen and oxygen atoms in total. The molecule has 0 aliphatic carbocycles. The molecule has 684 valence electrons. The third-order valence-corrected chi connectivity index (χ3v) is 15.3. The largest absolute Gasteiger partial charge is 0.379 e. The van der Waals surface area contributed by atoms with Crippen molar-refractivity contribution in [2.75, 3.05) is 284 Å². The van der Waals surface area contributed by atoms with Crippen LogP contribution in [0.1, 0.15) is 183 Å². The number of Topliss-reactive ketones (excluding diaryl/α,β-unsaturated/α-hetero) is 4. The minimum atomic E-state index is 0.0676. The first kappa shape index (κ1) is 120. The quantitative estimate of drug-likeness (QED) is 0.0354. The minimum absolute atomic E-state index is 0.0676. The van der Waals surface area contributed by atoms with Gasteiger partial charge in [-0.3, -0.25) is 24.0 Å². The lowest BCUT2D eigenvalue weighted by atomic mass is 10.1. The van der Waals surface area contributed by atoms with Crippen LogP contribution in [0.2, 0.25) is 0 Å². The van der Waals surface area contributed by atoms with E-state index in [2.05, 4.69) is 110 Å². The SMILES string of the molecule is CC(C)CCOCCOCCNC(=O)CCC(C)C.CC(C)NCCOCCOCCC(=O)C(C)C.CC(C)NCCOCCOCCOCCC(=O)C(C)C.CC(C)NCCOCCOCCOCCOCCC(=O)C(C)C.CC(C)NCCOCCOCCOCCOCCOCCOCCOCCOCCC(=O)C(C)C. The van der Waals surface area contributed by atoms with E-state index in [1.165, 1.54) is 0 Å². The molecule has 0 radical (unpaired) electrons. The van der Waals surface area contributed by atoms with E-state index in [1.54, 1.807) is 0 Å². The third-order valence-electron chi connectivity index (χ3n) is 15.3. The zero-order valence-electron chi connectivity index (χ0n) is 75.9. The summed E-state index contributed by atoms with van der Waals surface area (Å²) in [4.78, 5) is 56.7. The summed E-state index contributed by atoms with van der Waals surface area (Å²) in [6.45, 7) is 66.2. The molecule has 0 spiro atoms. The van der Waals surface area contributed by atoms with Gasteiger partial charge >= 0.3 is 0 Å². The van der Waals surface area contributed by atoms with Crippen LogP contribution in [0.5, 0.6) is 0 Å². The number of ether oxygens (including phenoxy) is 19. The van der Waals surface area contributed by atoms with Crippen LogP contribution in [-0.4, -0.2) is 337 Å². The van der Waals surface area contributed by atoms with Crippen molar-refractivity contribution < 1.29 is 114 Å². The molecule has 0 atom stereocenters. The Balaban J connectivity index is -0.000000446. The summed E-state index contributed by atoms with van der Waals surface area (Å²) in [6, 6.07) is 1.97. The summed E-state index contributed by atoms with van der Waals surface area (Å²) in [5, 5.41) is 16.0. The van der Waals surface area contributed by atoms with Gasteiger partial charge in [0.1, 0.15) is 23.1 Å². The predicted molar refractivity (Wildman–Crippen MR) is 453 cm³/mol. The molecule has 5 N–H and O–H groups in total. The molecular formula is C85H175N5O24. The van der Waals surface area contributed by atoms with Gasteiger partial charge in [0.2, 0.25) is 5.91 Å². The van der Waals surface area contributed by atoms with Crippen LogP contribution >= 0.6 is 0 Å². The van der Waals surface area contributed by atoms with Crippen molar-refractivity contribution in [3.63, 3.8) is 0 Å². The van der Waals surface area contributed by atoms with Gasteiger partial charge < -0.3 is 117 Å². The molecule has 114 heavy (non-hydrogen) atoms. The topological polar surface area (TPSA) is 321 Å². The van der Waals surface area contributed by atoms with Gasteiger partial charge in [0.05, 0.1) is 244 Å². The van der Waals surface area contributed by atoms with Gasteiger partial charge in [-0.25, -0.2) is 0 Å². The Labute approximate surface area is 693 Å². The van der Waals surface area contributed by atoms with Gasteiger partial charge in [0.15, 0.2) is 0 Å². The Morgan fingerprint density at radius 1 is 0.184 bits per heavy atom. The number of rotatable bonds is 83. The summed E-state index contributed by atoms with van der Waals surface area (Å²) < 4.78 is 103. The highest BCUT2D eigenvalue weighted by Crippen LogP contribution is 2.05. The normalized spacial score (nSPS) is 11.5. The second-order valence-corrected chi connectivity index (χ2v) is 30.0. The number of carbonyl (C=O) groups is 5. The molecule has 0 rings (SSSR count). The molecule has 0 unspecified atom stereocenters. The predicted octanol–water partition coefficient (Wildman–Crippen LogP) is 9.30. The van der Waals surface area contributed by atoms with Gasteiger partial charge in [-0.15, -0.1) is 0 Å². The van der Waals surface area contributed by atoms with E-state index in [9.17, 15) is 24.0 Å². The van der Waals surface area contributed by atoms with Gasteiger partial charge in [0, 0.05) is 119 Å². The second-order valence-electron chi connectivity index (χ2n) is 30.0. The van der Waals surface area contributed by atoms with E-state index in [4.69, 9.17) is 90.0 Å². The van der Waals surface area contributed by atoms with Crippen molar-refractivity contribution in [2.45, 2.75) is 208 Å². The molecule has 0 fully saturated rings. The van der Waals surface area contributed by atoms with Crippen molar-refractivity contribution in [2.24, 2.45) is 35.5 Å². The average molecular weight is 1650 g/mol. The maximum Gasteiger partial charge on any atom is 0.220 e. The van der Waals surface area contributed by atoms with Crippen LogP contribution < -0.4 is 26.6 Å². The Kier molecular flexibility index (Phi) is 102. The monoisotopic (exact) mass is 1650 g/mol. The van der Waals surface area contributed by atoms with Crippen molar-refractivity contribution in [3.8, 4) is 0 Å². The molecule has 0 saturated heterocycles. The summed E-state index contributed by atoms with van der Waals surface area (Å²) in [5.41, 5.74) is 0. The maximum absolute atomic E-state index is 11.4. The first-order chi connectivity index (χ1) is 54.7. The van der Waals surface area contributed by atoms with E-state index in [0.29, 0.717) is 319 Å². The smallest absolute Gasteiger partial charge is 0.220 e. The number of hydrogen-bond acceptors (Lipinski definition) is 28. The van der Waals surface area contributed by atoms with Crippen LogP contribution in [0.25, 0.3) is 0 Å². The summed E-state index contributed by atoms with van der Waals surface area (Å²) >= 11 is 0. The van der Waals surface area contributed by atoms with Crippen LogP contribution in [-0.2, 0) is 114 Å². The highest BCUT2D eigenvalue weighted by atomic mass is 16.6. The van der Waals surface area contributed by atoms with Crippen LogP contribution in [0, 0.1) is 35.5 Å². The third kappa shape index (κ3) is 116. The van der Waals surface area contributed by atoms with Gasteiger partial charge in [-0.1, -0.05) is 138 Å². The molecular weight excluding hydrogens is 1470 g/mol. The van der Waals surface area contributed by atoms with E-state index in [1.807, 2.05) is 55.4 Å². The standard InChI is InChI=1S/C25H51NO9.C17H35NO5.C15H31NO4.C15H31NO3.C13H27NO3/c1-23(2)25(27)5-7-28-9-11-30-13-15-32-17-19-34-21-22-35-20-18-33-16-14-31-12-10-29-8-6-26-24(3)4;1-15(2)17(19)5-7-20-9-11-22-13-14-23-12-10-21-8-6-18-16(3)4;1-13(2)15(17)5-7-18-9-11-20-12-10-19-8-6-16-14(3)4;1-13(2)5-6-15(17)16-8-10-19-12-11-18-9-7-14(3)4;1-11(2)13(15)5-7-16-9-10-17-8-6-14-12(3)4/h23-24,26H,5-22H2,1-4H3;15-16,18H,5-14H2,1-4H3;13-14,16H,5-12H2,1-4H3;13-14H,5-12H2,1-4H3,(H,16,17);11-12,14H,5-10H2,1-4H3. The van der Waals surface area contributed by atoms with Gasteiger partial charge in [0.25, 0.3) is 0 Å². The van der Waals surface area contributed by atoms with E-state index < -0.39 is 0 Å². The summed E-state index contributed by atoms with van der Waals surface area (Å²) in [6.07, 6.45) is 4.57. The number of hydrogen-bond donors (Lipinski definition) is 5. The van der Waals surface area contributed by atoms with E-state index >= 15 is 0 Å². The Hall–Kier alpha value is -2.77. The Bertz CT molecular complexity index is 1970. The first-order valence-electron chi connectivity index (χ1n) is 42.9. The maximum atomic E-state index is 11.4. The number of amides is 1. The Morgan fingerprint density at radius 2 is 0.342 bits per heavy atom. The lowest BCUT2D eigenvalue weighted by Gasteiger charge is -2.09. The lowest BCUT2D eigenvalue weighted by Crippen LogP contribution is -2.27.